The van der Waals surface area contributed by atoms with Gasteiger partial charge in [-0.25, -0.2) is 15.0 Å². The Morgan fingerprint density at radius 2 is 2.10 bits per heavy atom. The fraction of sp³-hybridized carbons (Fsp3) is 0.385. The van der Waals surface area contributed by atoms with Crippen molar-refractivity contribution in [3.8, 4) is 0 Å². The molecule has 0 spiro atoms. The Morgan fingerprint density at radius 1 is 1.29 bits per heavy atom. The molecule has 0 aliphatic carbocycles. The molecule has 1 fully saturated rings. The number of halogens is 1. The van der Waals surface area contributed by atoms with Gasteiger partial charge in [0.2, 0.25) is 11.9 Å². The zero-order valence-electron chi connectivity index (χ0n) is 11.4. The van der Waals surface area contributed by atoms with Crippen LogP contribution in [-0.2, 0) is 0 Å². The highest BCUT2D eigenvalue weighted by atomic mass is 35.5. The van der Waals surface area contributed by atoms with Gasteiger partial charge in [-0.05, 0) is 18.9 Å². The van der Waals surface area contributed by atoms with Gasteiger partial charge in [-0.3, -0.25) is 0 Å². The van der Waals surface area contributed by atoms with Gasteiger partial charge in [-0.1, -0.05) is 11.6 Å². The van der Waals surface area contributed by atoms with Gasteiger partial charge in [0.1, 0.15) is 11.0 Å². The molecule has 0 aromatic carbocycles. The van der Waals surface area contributed by atoms with Crippen molar-refractivity contribution in [2.75, 3.05) is 29.0 Å². The third-order valence-corrected chi connectivity index (χ3v) is 3.51. The second-order valence-electron chi connectivity index (χ2n) is 4.91. The van der Waals surface area contributed by atoms with E-state index in [0.717, 1.165) is 31.9 Å². The first kappa shape index (κ1) is 13.8. The minimum atomic E-state index is 0.170. The summed E-state index contributed by atoms with van der Waals surface area (Å²) in [6.45, 7) is 1.76. The topological polar surface area (TPSA) is 92.8 Å². The zero-order chi connectivity index (χ0) is 14.7. The average molecular weight is 306 g/mol. The normalized spacial score (nSPS) is 18.5. The third-order valence-electron chi connectivity index (χ3n) is 3.32. The van der Waals surface area contributed by atoms with Gasteiger partial charge < -0.3 is 16.0 Å². The van der Waals surface area contributed by atoms with E-state index in [4.69, 9.17) is 17.3 Å². The summed E-state index contributed by atoms with van der Waals surface area (Å²) in [6.07, 6.45) is 5.61. The van der Waals surface area contributed by atoms with Crippen LogP contribution in [0.1, 0.15) is 12.8 Å². The predicted octanol–water partition coefficient (Wildman–Crippen LogP) is 1.58. The molecule has 110 valence electrons. The molecule has 0 saturated carbocycles. The third kappa shape index (κ3) is 3.49. The van der Waals surface area contributed by atoms with Crippen LogP contribution in [0.4, 0.5) is 17.7 Å². The highest BCUT2D eigenvalue weighted by Gasteiger charge is 2.22. The number of anilines is 3. The van der Waals surface area contributed by atoms with E-state index in [9.17, 15) is 0 Å². The summed E-state index contributed by atoms with van der Waals surface area (Å²) in [5.74, 6) is 1.57. The van der Waals surface area contributed by atoms with E-state index in [-0.39, 0.29) is 12.0 Å². The van der Waals surface area contributed by atoms with Gasteiger partial charge in [0.15, 0.2) is 0 Å². The Morgan fingerprint density at radius 3 is 2.86 bits per heavy atom. The van der Waals surface area contributed by atoms with Crippen LogP contribution < -0.4 is 16.0 Å². The second kappa shape index (κ2) is 6.09. The van der Waals surface area contributed by atoms with Crippen LogP contribution in [0.15, 0.2) is 24.5 Å². The second-order valence-corrected chi connectivity index (χ2v) is 5.30. The molecule has 1 saturated heterocycles. The maximum Gasteiger partial charge on any atom is 0.225 e. The molecular weight excluding hydrogens is 290 g/mol. The van der Waals surface area contributed by atoms with Crippen LogP contribution in [0.2, 0.25) is 5.15 Å². The zero-order valence-corrected chi connectivity index (χ0v) is 12.2. The summed E-state index contributed by atoms with van der Waals surface area (Å²) in [7, 11) is 0. The number of hydrogen-bond acceptors (Lipinski definition) is 7. The summed E-state index contributed by atoms with van der Waals surface area (Å²) < 4.78 is 0. The minimum Gasteiger partial charge on any atom is -0.368 e. The lowest BCUT2D eigenvalue weighted by Crippen LogP contribution is -2.43. The van der Waals surface area contributed by atoms with Gasteiger partial charge in [-0.15, -0.1) is 0 Å². The Kier molecular flexibility index (Phi) is 4.01. The van der Waals surface area contributed by atoms with Crippen molar-refractivity contribution in [1.29, 1.82) is 0 Å². The highest BCUT2D eigenvalue weighted by molar-refractivity contribution is 6.29. The molecule has 3 heterocycles. The summed E-state index contributed by atoms with van der Waals surface area (Å²) >= 11 is 5.89. The van der Waals surface area contributed by atoms with Crippen molar-refractivity contribution in [2.24, 2.45) is 0 Å². The van der Waals surface area contributed by atoms with Crippen molar-refractivity contribution >= 4 is 29.3 Å². The fourth-order valence-corrected chi connectivity index (χ4v) is 2.64. The number of rotatable bonds is 3. The van der Waals surface area contributed by atoms with Crippen LogP contribution in [0, 0.1) is 0 Å². The summed E-state index contributed by atoms with van der Waals surface area (Å²) in [5.41, 5.74) is 5.61. The SMILES string of the molecule is Nc1nc(Cl)cc(N[C@@H]2CCCN(c3ncccn3)C2)n1. The molecule has 3 N–H and O–H groups in total. The number of aromatic nitrogens is 4. The molecule has 0 amide bonds. The van der Waals surface area contributed by atoms with E-state index in [1.54, 1.807) is 18.5 Å². The molecule has 1 aliphatic heterocycles. The number of nitrogens with one attached hydrogen (secondary N) is 1. The fourth-order valence-electron chi connectivity index (χ4n) is 2.45. The largest absolute Gasteiger partial charge is 0.368 e. The Bertz CT molecular complexity index is 586. The van der Waals surface area contributed by atoms with Gasteiger partial charge in [0, 0.05) is 37.6 Å². The van der Waals surface area contributed by atoms with Gasteiger partial charge in [-0.2, -0.15) is 4.98 Å². The maximum absolute atomic E-state index is 5.89. The number of piperidine rings is 1. The molecule has 0 bridgehead atoms. The molecule has 3 rings (SSSR count). The smallest absolute Gasteiger partial charge is 0.225 e. The van der Waals surface area contributed by atoms with E-state index in [1.165, 1.54) is 0 Å². The minimum absolute atomic E-state index is 0.170. The molecule has 0 radical (unpaired) electrons. The molecule has 2 aromatic rings. The Balaban J connectivity index is 1.69. The van der Waals surface area contributed by atoms with Crippen molar-refractivity contribution in [3.05, 3.63) is 29.7 Å². The van der Waals surface area contributed by atoms with Crippen LogP contribution in [0.3, 0.4) is 0 Å². The molecule has 0 unspecified atom stereocenters. The first-order valence-corrected chi connectivity index (χ1v) is 7.17. The van der Waals surface area contributed by atoms with Gasteiger partial charge in [0.25, 0.3) is 0 Å². The number of nitrogens with two attached hydrogens (primary N) is 1. The molecule has 1 aliphatic rings. The van der Waals surface area contributed by atoms with Gasteiger partial charge >= 0.3 is 0 Å². The van der Waals surface area contributed by atoms with E-state index in [1.807, 2.05) is 6.07 Å². The molecule has 2 aromatic heterocycles. The van der Waals surface area contributed by atoms with Gasteiger partial charge in [0.05, 0.1) is 0 Å². The van der Waals surface area contributed by atoms with E-state index in [0.29, 0.717) is 11.0 Å². The van der Waals surface area contributed by atoms with Crippen molar-refractivity contribution in [1.82, 2.24) is 19.9 Å². The van der Waals surface area contributed by atoms with E-state index >= 15 is 0 Å². The standard InChI is InChI=1S/C13H16ClN7/c14-10-7-11(20-12(15)19-10)18-9-3-1-6-21(8-9)13-16-4-2-5-17-13/h2,4-5,7,9H,1,3,6,8H2,(H3,15,18,19,20)/t9-/m1/s1. The molecular formula is C13H16ClN7. The van der Waals surface area contributed by atoms with Crippen LogP contribution in [-0.4, -0.2) is 39.1 Å². The summed E-state index contributed by atoms with van der Waals surface area (Å²) in [6, 6.07) is 3.73. The van der Waals surface area contributed by atoms with Crippen LogP contribution in [0.25, 0.3) is 0 Å². The lowest BCUT2D eigenvalue weighted by atomic mass is 10.1. The first-order valence-electron chi connectivity index (χ1n) is 6.79. The highest BCUT2D eigenvalue weighted by Crippen LogP contribution is 2.19. The molecule has 21 heavy (non-hydrogen) atoms. The first-order chi connectivity index (χ1) is 10.2. The number of nitrogen functional groups attached to an aromatic ring is 1. The van der Waals surface area contributed by atoms with E-state index < -0.39 is 0 Å². The average Bonchev–Trinajstić information content (AvgIpc) is 2.47. The predicted molar refractivity (Wildman–Crippen MR) is 82.3 cm³/mol. The number of nitrogens with zero attached hydrogens (tertiary/aromatic N) is 5. The summed E-state index contributed by atoms with van der Waals surface area (Å²) in [5, 5.41) is 3.69. The molecule has 7 nitrogen and oxygen atoms in total. The lowest BCUT2D eigenvalue weighted by Gasteiger charge is -2.33. The molecule has 1 atom stereocenters. The number of hydrogen-bond donors (Lipinski definition) is 2. The monoisotopic (exact) mass is 305 g/mol. The Labute approximate surface area is 127 Å². The Hall–Kier alpha value is -2.15. The van der Waals surface area contributed by atoms with Crippen LogP contribution in [0.5, 0.6) is 0 Å². The molecule has 8 heteroatoms. The van der Waals surface area contributed by atoms with Crippen LogP contribution >= 0.6 is 11.6 Å². The van der Waals surface area contributed by atoms with Crippen molar-refractivity contribution in [2.45, 2.75) is 18.9 Å². The maximum atomic E-state index is 5.89. The van der Waals surface area contributed by atoms with Crippen molar-refractivity contribution < 1.29 is 0 Å². The lowest BCUT2D eigenvalue weighted by molar-refractivity contribution is 0.521. The van der Waals surface area contributed by atoms with E-state index in [2.05, 4.69) is 30.2 Å². The summed E-state index contributed by atoms with van der Waals surface area (Å²) in [4.78, 5) is 18.7. The van der Waals surface area contributed by atoms with Crippen molar-refractivity contribution in [3.63, 3.8) is 0 Å². The quantitative estimate of drug-likeness (QED) is 0.832.